The SMILES string of the molecule is COC(CN)c1ncc(Br)cc1Br. The van der Waals surface area contributed by atoms with Crippen molar-refractivity contribution in [3.63, 3.8) is 0 Å². The fourth-order valence-corrected chi connectivity index (χ4v) is 2.22. The molecule has 1 rings (SSSR count). The average molecular weight is 310 g/mol. The van der Waals surface area contributed by atoms with Crippen LogP contribution in [0, 0.1) is 0 Å². The molecule has 1 heterocycles. The maximum Gasteiger partial charge on any atom is 0.112 e. The Kier molecular flexibility index (Phi) is 4.31. The second-order valence-electron chi connectivity index (χ2n) is 2.48. The van der Waals surface area contributed by atoms with E-state index in [1.54, 1.807) is 13.3 Å². The number of rotatable bonds is 3. The zero-order valence-electron chi connectivity index (χ0n) is 7.13. The second-order valence-corrected chi connectivity index (χ2v) is 4.25. The maximum atomic E-state index is 5.52. The average Bonchev–Trinajstić information content (AvgIpc) is 2.10. The first kappa shape index (κ1) is 11.1. The Bertz CT molecular complexity index is 289. The number of ether oxygens (including phenoxy) is 1. The molecule has 72 valence electrons. The second kappa shape index (κ2) is 5.05. The lowest BCUT2D eigenvalue weighted by Gasteiger charge is -2.13. The van der Waals surface area contributed by atoms with Crippen LogP contribution in [0.15, 0.2) is 21.2 Å². The number of halogens is 2. The number of nitrogens with zero attached hydrogens (tertiary/aromatic N) is 1. The minimum absolute atomic E-state index is 0.150. The highest BCUT2D eigenvalue weighted by Gasteiger charge is 2.13. The molecule has 0 bridgehead atoms. The van der Waals surface area contributed by atoms with E-state index in [1.807, 2.05) is 6.07 Å². The molecule has 13 heavy (non-hydrogen) atoms. The third kappa shape index (κ3) is 2.74. The predicted octanol–water partition coefficient (Wildman–Crippen LogP) is 2.25. The number of methoxy groups -OCH3 is 1. The molecule has 1 aromatic rings. The van der Waals surface area contributed by atoms with Crippen LogP contribution in [0.25, 0.3) is 0 Å². The van der Waals surface area contributed by atoms with Gasteiger partial charge in [0.2, 0.25) is 0 Å². The largest absolute Gasteiger partial charge is 0.374 e. The lowest BCUT2D eigenvalue weighted by molar-refractivity contribution is 0.106. The molecule has 0 spiro atoms. The van der Waals surface area contributed by atoms with E-state index in [0.717, 1.165) is 14.6 Å². The van der Waals surface area contributed by atoms with Crippen molar-refractivity contribution < 1.29 is 4.74 Å². The molecule has 3 nitrogen and oxygen atoms in total. The van der Waals surface area contributed by atoms with Gasteiger partial charge in [-0.3, -0.25) is 4.98 Å². The molecule has 0 amide bonds. The third-order valence-electron chi connectivity index (χ3n) is 1.64. The van der Waals surface area contributed by atoms with Gasteiger partial charge in [-0.05, 0) is 37.9 Å². The van der Waals surface area contributed by atoms with Crippen LogP contribution in [-0.4, -0.2) is 18.6 Å². The summed E-state index contributed by atoms with van der Waals surface area (Å²) >= 11 is 6.73. The van der Waals surface area contributed by atoms with Crippen molar-refractivity contribution in [3.05, 3.63) is 26.9 Å². The maximum absolute atomic E-state index is 5.52. The lowest BCUT2D eigenvalue weighted by Crippen LogP contribution is -2.15. The van der Waals surface area contributed by atoms with Crippen molar-refractivity contribution in [1.82, 2.24) is 4.98 Å². The fourth-order valence-electron chi connectivity index (χ4n) is 0.982. The summed E-state index contributed by atoms with van der Waals surface area (Å²) in [6, 6.07) is 1.92. The zero-order chi connectivity index (χ0) is 9.84. The fraction of sp³-hybridized carbons (Fsp3) is 0.375. The molecule has 0 aliphatic carbocycles. The Morgan fingerprint density at radius 2 is 2.31 bits per heavy atom. The molecular formula is C8H10Br2N2O. The van der Waals surface area contributed by atoms with Crippen molar-refractivity contribution in [2.45, 2.75) is 6.10 Å². The van der Waals surface area contributed by atoms with Gasteiger partial charge >= 0.3 is 0 Å². The van der Waals surface area contributed by atoms with E-state index < -0.39 is 0 Å². The number of nitrogens with two attached hydrogens (primary N) is 1. The first-order valence-corrected chi connectivity index (χ1v) is 5.31. The van der Waals surface area contributed by atoms with Gasteiger partial charge in [0.1, 0.15) is 6.10 Å². The van der Waals surface area contributed by atoms with E-state index in [2.05, 4.69) is 36.8 Å². The molecule has 0 aromatic carbocycles. The van der Waals surface area contributed by atoms with E-state index in [1.165, 1.54) is 0 Å². The van der Waals surface area contributed by atoms with E-state index in [-0.39, 0.29) is 6.10 Å². The molecule has 1 aromatic heterocycles. The highest BCUT2D eigenvalue weighted by molar-refractivity contribution is 9.11. The van der Waals surface area contributed by atoms with Crippen LogP contribution in [-0.2, 0) is 4.74 Å². The van der Waals surface area contributed by atoms with Crippen LogP contribution in [0.2, 0.25) is 0 Å². The van der Waals surface area contributed by atoms with Gasteiger partial charge in [-0.15, -0.1) is 0 Å². The summed E-state index contributed by atoms with van der Waals surface area (Å²) in [7, 11) is 1.62. The van der Waals surface area contributed by atoms with Gasteiger partial charge in [-0.1, -0.05) is 0 Å². The molecule has 1 atom stereocenters. The number of pyridine rings is 1. The number of aromatic nitrogens is 1. The van der Waals surface area contributed by atoms with Crippen LogP contribution < -0.4 is 5.73 Å². The molecule has 0 saturated heterocycles. The van der Waals surface area contributed by atoms with Gasteiger partial charge < -0.3 is 10.5 Å². The number of hydrogen-bond acceptors (Lipinski definition) is 3. The molecule has 0 fully saturated rings. The molecular weight excluding hydrogens is 300 g/mol. The van der Waals surface area contributed by atoms with Gasteiger partial charge in [0.15, 0.2) is 0 Å². The summed E-state index contributed by atoms with van der Waals surface area (Å²) in [5, 5.41) is 0. The third-order valence-corrected chi connectivity index (χ3v) is 2.71. The summed E-state index contributed by atoms with van der Waals surface area (Å²) in [4.78, 5) is 4.22. The Hall–Kier alpha value is 0.0300. The minimum Gasteiger partial charge on any atom is -0.374 e. The topological polar surface area (TPSA) is 48.1 Å². The normalized spacial score (nSPS) is 12.9. The van der Waals surface area contributed by atoms with Crippen LogP contribution in [0.5, 0.6) is 0 Å². The van der Waals surface area contributed by atoms with Crippen molar-refractivity contribution >= 4 is 31.9 Å². The van der Waals surface area contributed by atoms with Crippen molar-refractivity contribution in [2.75, 3.05) is 13.7 Å². The van der Waals surface area contributed by atoms with Crippen LogP contribution in [0.3, 0.4) is 0 Å². The summed E-state index contributed by atoms with van der Waals surface area (Å²) in [5.74, 6) is 0. The van der Waals surface area contributed by atoms with Gasteiger partial charge in [0.05, 0.1) is 5.69 Å². The van der Waals surface area contributed by atoms with E-state index in [0.29, 0.717) is 6.54 Å². The minimum atomic E-state index is -0.150. The van der Waals surface area contributed by atoms with Crippen LogP contribution in [0.4, 0.5) is 0 Å². The molecule has 5 heteroatoms. The number of hydrogen-bond donors (Lipinski definition) is 1. The molecule has 0 aliphatic heterocycles. The summed E-state index contributed by atoms with van der Waals surface area (Å²) in [6.07, 6.45) is 1.57. The van der Waals surface area contributed by atoms with Crippen molar-refractivity contribution in [3.8, 4) is 0 Å². The highest BCUT2D eigenvalue weighted by Crippen LogP contribution is 2.25. The van der Waals surface area contributed by atoms with Crippen molar-refractivity contribution in [2.24, 2.45) is 5.73 Å². The molecule has 2 N–H and O–H groups in total. The smallest absolute Gasteiger partial charge is 0.112 e. The van der Waals surface area contributed by atoms with Gasteiger partial charge in [0, 0.05) is 28.8 Å². The zero-order valence-corrected chi connectivity index (χ0v) is 10.3. The van der Waals surface area contributed by atoms with Gasteiger partial charge in [0.25, 0.3) is 0 Å². The van der Waals surface area contributed by atoms with Gasteiger partial charge in [-0.25, -0.2) is 0 Å². The molecule has 0 saturated carbocycles. The summed E-state index contributed by atoms with van der Waals surface area (Å²) < 4.78 is 7.00. The van der Waals surface area contributed by atoms with Crippen LogP contribution >= 0.6 is 31.9 Å². The Labute approximate surface area is 93.9 Å². The summed E-state index contributed by atoms with van der Waals surface area (Å²) in [5.41, 5.74) is 6.35. The first-order valence-electron chi connectivity index (χ1n) is 3.72. The monoisotopic (exact) mass is 308 g/mol. The Balaban J connectivity index is 2.99. The van der Waals surface area contributed by atoms with Crippen LogP contribution in [0.1, 0.15) is 11.8 Å². The Morgan fingerprint density at radius 1 is 1.62 bits per heavy atom. The predicted molar refractivity (Wildman–Crippen MR) is 58.4 cm³/mol. The van der Waals surface area contributed by atoms with E-state index in [4.69, 9.17) is 10.5 Å². The standard InChI is InChI=1S/C8H10Br2N2O/c1-13-7(3-11)8-6(10)2-5(9)4-12-8/h2,4,7H,3,11H2,1H3. The van der Waals surface area contributed by atoms with E-state index in [9.17, 15) is 0 Å². The molecule has 1 unspecified atom stereocenters. The first-order chi connectivity index (χ1) is 6.19. The highest BCUT2D eigenvalue weighted by atomic mass is 79.9. The molecule has 0 aliphatic rings. The van der Waals surface area contributed by atoms with Gasteiger partial charge in [-0.2, -0.15) is 0 Å². The Morgan fingerprint density at radius 3 is 2.77 bits per heavy atom. The summed E-state index contributed by atoms with van der Waals surface area (Å²) in [6.45, 7) is 0.420. The quantitative estimate of drug-likeness (QED) is 0.931. The lowest BCUT2D eigenvalue weighted by atomic mass is 10.2. The van der Waals surface area contributed by atoms with E-state index >= 15 is 0 Å². The van der Waals surface area contributed by atoms with Crippen molar-refractivity contribution in [1.29, 1.82) is 0 Å². The molecule has 0 radical (unpaired) electrons.